The Hall–Kier alpha value is -3.00. The smallest absolute Gasteiger partial charge is 0.416 e. The Labute approximate surface area is 193 Å². The third-order valence-electron chi connectivity index (χ3n) is 5.86. The number of carbonyl (C=O) groups is 2. The molecule has 0 aliphatic heterocycles. The predicted molar refractivity (Wildman–Crippen MR) is 119 cm³/mol. The van der Waals surface area contributed by atoms with E-state index in [1.807, 2.05) is 0 Å². The Morgan fingerprint density at radius 1 is 1.18 bits per heavy atom. The molecule has 9 heteroatoms. The predicted octanol–water partition coefficient (Wildman–Crippen LogP) is 5.82. The van der Waals surface area contributed by atoms with Crippen LogP contribution in [0.4, 0.5) is 13.2 Å². The molecule has 2 aromatic carbocycles. The van der Waals surface area contributed by atoms with Gasteiger partial charge in [-0.15, -0.1) is 0 Å². The average molecular weight is 479 g/mol. The van der Waals surface area contributed by atoms with Crippen LogP contribution < -0.4 is 0 Å². The van der Waals surface area contributed by atoms with Gasteiger partial charge in [0.15, 0.2) is 0 Å². The fraction of sp³-hybridized carbons (Fsp3) is 0.333. The highest BCUT2D eigenvalue weighted by molar-refractivity contribution is 6.36. The maximum absolute atomic E-state index is 13.5. The van der Waals surface area contributed by atoms with Gasteiger partial charge in [0, 0.05) is 36.2 Å². The highest BCUT2D eigenvalue weighted by Crippen LogP contribution is 2.40. The van der Waals surface area contributed by atoms with Crippen LogP contribution in [0.3, 0.4) is 0 Å². The molecule has 1 heterocycles. The second-order valence-corrected chi connectivity index (χ2v) is 8.60. The lowest BCUT2D eigenvalue weighted by atomic mass is 9.96. The number of rotatable bonds is 7. The molecule has 5 nitrogen and oxygen atoms in total. The summed E-state index contributed by atoms with van der Waals surface area (Å²) in [5.74, 6) is -1.18. The molecule has 0 atom stereocenters. The van der Waals surface area contributed by atoms with Crippen LogP contribution in [0.1, 0.15) is 30.9 Å². The Morgan fingerprint density at radius 3 is 2.52 bits per heavy atom. The molecule has 1 N–H and O–H groups in total. The summed E-state index contributed by atoms with van der Waals surface area (Å²) in [7, 11) is 0. The normalized spacial score (nSPS) is 14.0. The number of carboxylic acid groups (broad SMARTS) is 1. The van der Waals surface area contributed by atoms with Crippen molar-refractivity contribution in [3.63, 3.8) is 0 Å². The van der Waals surface area contributed by atoms with E-state index < -0.39 is 17.7 Å². The number of aromatic nitrogens is 1. The zero-order valence-electron chi connectivity index (χ0n) is 17.8. The minimum absolute atomic E-state index is 0.0150. The topological polar surface area (TPSA) is 62.5 Å². The molecule has 1 fully saturated rings. The summed E-state index contributed by atoms with van der Waals surface area (Å²) < 4.78 is 42.0. The van der Waals surface area contributed by atoms with E-state index in [0.717, 1.165) is 25.0 Å². The quantitative estimate of drug-likeness (QED) is 0.465. The molecule has 0 bridgehead atoms. The van der Waals surface area contributed by atoms with Crippen molar-refractivity contribution in [3.8, 4) is 11.1 Å². The van der Waals surface area contributed by atoms with Crippen molar-refractivity contribution in [3.05, 3.63) is 58.7 Å². The third kappa shape index (κ3) is 4.71. The molecule has 1 aliphatic rings. The Balaban J connectivity index is 1.89. The van der Waals surface area contributed by atoms with Gasteiger partial charge in [-0.1, -0.05) is 23.7 Å². The van der Waals surface area contributed by atoms with E-state index >= 15 is 0 Å². The van der Waals surface area contributed by atoms with E-state index in [1.165, 1.54) is 10.6 Å². The van der Waals surface area contributed by atoms with Crippen LogP contribution in [-0.4, -0.2) is 33.0 Å². The Morgan fingerprint density at radius 2 is 1.91 bits per heavy atom. The van der Waals surface area contributed by atoms with Crippen molar-refractivity contribution in [2.45, 2.75) is 39.0 Å². The van der Waals surface area contributed by atoms with Crippen molar-refractivity contribution in [2.24, 2.45) is 5.92 Å². The van der Waals surface area contributed by atoms with Crippen LogP contribution in [0.5, 0.6) is 0 Å². The third-order valence-corrected chi connectivity index (χ3v) is 6.18. The van der Waals surface area contributed by atoms with Crippen LogP contribution in [0, 0.1) is 5.92 Å². The largest absolute Gasteiger partial charge is 0.480 e. The zero-order chi connectivity index (χ0) is 23.9. The lowest BCUT2D eigenvalue weighted by Gasteiger charge is -2.23. The highest BCUT2D eigenvalue weighted by Gasteiger charge is 2.34. The van der Waals surface area contributed by atoms with E-state index in [1.54, 1.807) is 36.2 Å². The Kier molecular flexibility index (Phi) is 6.14. The van der Waals surface area contributed by atoms with Crippen LogP contribution in [0.25, 0.3) is 22.0 Å². The van der Waals surface area contributed by atoms with Crippen LogP contribution in [0.2, 0.25) is 5.02 Å². The highest BCUT2D eigenvalue weighted by atomic mass is 35.5. The van der Waals surface area contributed by atoms with E-state index in [-0.39, 0.29) is 24.9 Å². The zero-order valence-corrected chi connectivity index (χ0v) is 18.6. The summed E-state index contributed by atoms with van der Waals surface area (Å²) in [6, 6.07) is 8.48. The fourth-order valence-electron chi connectivity index (χ4n) is 4.09. The summed E-state index contributed by atoms with van der Waals surface area (Å²) in [6.45, 7) is 1.85. The number of nitrogens with zero attached hydrogens (tertiary/aromatic N) is 2. The molecular formula is C24H22ClF3N2O3. The van der Waals surface area contributed by atoms with Crippen molar-refractivity contribution < 1.29 is 27.9 Å². The van der Waals surface area contributed by atoms with Crippen LogP contribution in [0.15, 0.2) is 42.6 Å². The number of hydrogen-bond donors (Lipinski definition) is 1. The van der Waals surface area contributed by atoms with Crippen LogP contribution in [-0.2, 0) is 28.9 Å². The maximum Gasteiger partial charge on any atom is 0.416 e. The molecule has 33 heavy (non-hydrogen) atoms. The monoisotopic (exact) mass is 478 g/mol. The molecule has 1 aliphatic carbocycles. The molecule has 3 aromatic rings. The van der Waals surface area contributed by atoms with Gasteiger partial charge in [0.25, 0.3) is 0 Å². The summed E-state index contributed by atoms with van der Waals surface area (Å²) >= 11 is 6.45. The molecule has 0 spiro atoms. The number of halogens is 4. The number of carboxylic acids is 1. The molecular weight excluding hydrogens is 457 g/mol. The van der Waals surface area contributed by atoms with E-state index in [9.17, 15) is 27.9 Å². The first-order chi connectivity index (χ1) is 15.6. The second kappa shape index (κ2) is 8.74. The minimum Gasteiger partial charge on any atom is -0.480 e. The van der Waals surface area contributed by atoms with Gasteiger partial charge in [0.05, 0.1) is 16.1 Å². The van der Waals surface area contributed by atoms with Gasteiger partial charge in [-0.3, -0.25) is 9.59 Å². The summed E-state index contributed by atoms with van der Waals surface area (Å²) in [5.41, 5.74) is 1.08. The number of hydrogen-bond acceptors (Lipinski definition) is 2. The molecule has 0 saturated heterocycles. The number of amides is 1. The molecule has 1 aromatic heterocycles. The van der Waals surface area contributed by atoms with E-state index in [0.29, 0.717) is 39.2 Å². The van der Waals surface area contributed by atoms with Gasteiger partial charge >= 0.3 is 12.1 Å². The van der Waals surface area contributed by atoms with Gasteiger partial charge in [0.1, 0.15) is 6.54 Å². The molecule has 174 valence electrons. The summed E-state index contributed by atoms with van der Waals surface area (Å²) in [5, 5.41) is 10.2. The number of benzene rings is 2. The molecule has 4 rings (SSSR count). The van der Waals surface area contributed by atoms with Crippen molar-refractivity contribution in [2.75, 3.05) is 6.54 Å². The lowest BCUT2D eigenvalue weighted by Crippen LogP contribution is -2.31. The first-order valence-electron chi connectivity index (χ1n) is 10.6. The lowest BCUT2D eigenvalue weighted by molar-refractivity contribution is -0.138. The molecule has 1 saturated carbocycles. The number of alkyl halides is 3. The minimum atomic E-state index is -4.54. The van der Waals surface area contributed by atoms with Crippen molar-refractivity contribution >= 4 is 34.4 Å². The molecule has 0 radical (unpaired) electrons. The van der Waals surface area contributed by atoms with Gasteiger partial charge in [0.2, 0.25) is 5.91 Å². The van der Waals surface area contributed by atoms with Gasteiger partial charge in [-0.2, -0.15) is 13.2 Å². The van der Waals surface area contributed by atoms with Crippen molar-refractivity contribution in [1.82, 2.24) is 9.47 Å². The summed E-state index contributed by atoms with van der Waals surface area (Å²) in [4.78, 5) is 25.6. The first kappa shape index (κ1) is 23.2. The maximum atomic E-state index is 13.5. The SMILES string of the molecule is CCN(Cc1cc(C(F)(F)F)ccc1-c1cn(CC(=O)O)c2cccc(Cl)c12)C(=O)C1CC1. The number of aliphatic carboxylic acids is 1. The standard InChI is InChI=1S/C24H22ClF3N2O3/c1-2-29(23(33)14-6-7-14)11-15-10-16(24(26,27)28)8-9-17(15)18-12-30(13-21(31)32)20-5-3-4-19(25)22(18)20/h3-5,8-10,12,14H,2,6-7,11,13H2,1H3,(H,31,32). The van der Waals surface area contributed by atoms with Gasteiger partial charge in [-0.05, 0) is 55.2 Å². The molecule has 0 unspecified atom stereocenters. The van der Waals surface area contributed by atoms with Crippen LogP contribution >= 0.6 is 11.6 Å². The van der Waals surface area contributed by atoms with Gasteiger partial charge < -0.3 is 14.6 Å². The van der Waals surface area contributed by atoms with E-state index in [2.05, 4.69) is 0 Å². The average Bonchev–Trinajstić information content (AvgIpc) is 3.54. The van der Waals surface area contributed by atoms with Crippen molar-refractivity contribution in [1.29, 1.82) is 0 Å². The first-order valence-corrected chi connectivity index (χ1v) is 11.0. The summed E-state index contributed by atoms with van der Waals surface area (Å²) in [6.07, 6.45) is -1.36. The van der Waals surface area contributed by atoms with Gasteiger partial charge in [-0.25, -0.2) is 0 Å². The Bertz CT molecular complexity index is 1230. The van der Waals surface area contributed by atoms with E-state index in [4.69, 9.17) is 11.6 Å². The number of fused-ring (bicyclic) bond motifs is 1. The fourth-order valence-corrected chi connectivity index (χ4v) is 4.36. The molecule has 1 amide bonds. The second-order valence-electron chi connectivity index (χ2n) is 8.19. The number of carbonyl (C=O) groups excluding carboxylic acids is 1.